The summed E-state index contributed by atoms with van der Waals surface area (Å²) in [4.78, 5) is 26.8. The first-order valence-corrected chi connectivity index (χ1v) is 12.5. The van der Waals surface area contributed by atoms with Gasteiger partial charge in [-0.3, -0.25) is 10.1 Å². The van der Waals surface area contributed by atoms with Crippen molar-refractivity contribution in [3.8, 4) is 0 Å². The molecule has 1 atom stereocenters. The SMILES string of the molecule is COC(=O)NC(C(=O)c1ccccc1)[P+](c1ccccc1)(c1ccccc1)c1ccccc1. The molecule has 5 heteroatoms. The fraction of sp³-hybridized carbons (Fsp3) is 0.0714. The number of hydrogen-bond acceptors (Lipinski definition) is 3. The van der Waals surface area contributed by atoms with E-state index < -0.39 is 19.1 Å². The minimum Gasteiger partial charge on any atom is -0.453 e. The lowest BCUT2D eigenvalue weighted by Gasteiger charge is -2.33. The van der Waals surface area contributed by atoms with Crippen LogP contribution in [0.4, 0.5) is 4.79 Å². The number of Topliss-reactive ketones (excluding diaryl/α,β-unsaturated/α-hetero) is 1. The van der Waals surface area contributed by atoms with Crippen LogP contribution < -0.4 is 21.2 Å². The van der Waals surface area contributed by atoms with Crippen molar-refractivity contribution < 1.29 is 14.3 Å². The quantitative estimate of drug-likeness (QED) is 0.329. The van der Waals surface area contributed by atoms with Crippen molar-refractivity contribution in [2.45, 2.75) is 5.78 Å². The number of carbonyl (C=O) groups excluding carboxylic acids is 2. The molecule has 0 aliphatic carbocycles. The van der Waals surface area contributed by atoms with E-state index >= 15 is 0 Å². The molecule has 33 heavy (non-hydrogen) atoms. The molecule has 0 fully saturated rings. The molecular formula is C28H25NO3P+. The Hall–Kier alpha value is -3.75. The van der Waals surface area contributed by atoms with E-state index in [-0.39, 0.29) is 5.78 Å². The van der Waals surface area contributed by atoms with Gasteiger partial charge in [-0.2, -0.15) is 0 Å². The highest BCUT2D eigenvalue weighted by Gasteiger charge is 2.56. The van der Waals surface area contributed by atoms with E-state index in [1.807, 2.05) is 109 Å². The second kappa shape index (κ2) is 10.2. The number of hydrogen-bond donors (Lipinski definition) is 1. The summed E-state index contributed by atoms with van der Waals surface area (Å²) >= 11 is 0. The van der Waals surface area contributed by atoms with Gasteiger partial charge in [0.05, 0.1) is 7.11 Å². The van der Waals surface area contributed by atoms with Gasteiger partial charge >= 0.3 is 6.09 Å². The number of alkyl carbamates (subject to hydrolysis) is 1. The van der Waals surface area contributed by atoms with E-state index in [1.165, 1.54) is 7.11 Å². The molecule has 0 heterocycles. The summed E-state index contributed by atoms with van der Waals surface area (Å²) < 4.78 is 4.99. The monoisotopic (exact) mass is 454 g/mol. The fourth-order valence-corrected chi connectivity index (χ4v) is 8.67. The zero-order valence-electron chi connectivity index (χ0n) is 18.3. The molecule has 4 rings (SSSR count). The lowest BCUT2D eigenvalue weighted by Crippen LogP contribution is -2.51. The molecule has 0 saturated carbocycles. The van der Waals surface area contributed by atoms with Crippen LogP contribution >= 0.6 is 7.26 Å². The van der Waals surface area contributed by atoms with Crippen molar-refractivity contribution in [1.82, 2.24) is 5.32 Å². The van der Waals surface area contributed by atoms with Gasteiger partial charge in [0.1, 0.15) is 23.2 Å². The molecule has 4 aromatic rings. The molecule has 0 bridgehead atoms. The molecule has 1 N–H and O–H groups in total. The predicted molar refractivity (Wildman–Crippen MR) is 135 cm³/mol. The van der Waals surface area contributed by atoms with E-state index in [0.717, 1.165) is 15.9 Å². The molecule has 4 aromatic carbocycles. The maximum Gasteiger partial charge on any atom is 0.410 e. The molecule has 1 unspecified atom stereocenters. The largest absolute Gasteiger partial charge is 0.453 e. The highest BCUT2D eigenvalue weighted by molar-refractivity contribution is 7.96. The maximum atomic E-state index is 14.1. The summed E-state index contributed by atoms with van der Waals surface area (Å²) in [5, 5.41) is 5.92. The zero-order chi connectivity index (χ0) is 23.1. The van der Waals surface area contributed by atoms with Crippen LogP contribution in [-0.2, 0) is 4.74 Å². The minimum atomic E-state index is -2.71. The topological polar surface area (TPSA) is 55.4 Å². The maximum absolute atomic E-state index is 14.1. The zero-order valence-corrected chi connectivity index (χ0v) is 19.2. The van der Waals surface area contributed by atoms with Crippen molar-refractivity contribution in [3.63, 3.8) is 0 Å². The molecule has 0 saturated heterocycles. The number of benzene rings is 4. The van der Waals surface area contributed by atoms with Gasteiger partial charge in [-0.1, -0.05) is 84.9 Å². The Morgan fingerprint density at radius 2 is 1.00 bits per heavy atom. The van der Waals surface area contributed by atoms with Crippen LogP contribution in [-0.4, -0.2) is 24.8 Å². The lowest BCUT2D eigenvalue weighted by atomic mass is 10.1. The van der Waals surface area contributed by atoms with Crippen molar-refractivity contribution in [1.29, 1.82) is 0 Å². The van der Waals surface area contributed by atoms with Gasteiger partial charge in [-0.25, -0.2) is 4.79 Å². The van der Waals surface area contributed by atoms with Gasteiger partial charge in [-0.05, 0) is 36.4 Å². The van der Waals surface area contributed by atoms with Crippen LogP contribution in [0.2, 0.25) is 0 Å². The van der Waals surface area contributed by atoms with Crippen molar-refractivity contribution >= 4 is 35.1 Å². The molecule has 164 valence electrons. The third-order valence-electron chi connectivity index (χ3n) is 5.62. The van der Waals surface area contributed by atoms with Gasteiger partial charge in [0.2, 0.25) is 11.6 Å². The highest BCUT2D eigenvalue weighted by Crippen LogP contribution is 2.59. The Morgan fingerprint density at radius 3 is 1.36 bits per heavy atom. The predicted octanol–water partition coefficient (Wildman–Crippen LogP) is 4.55. The van der Waals surface area contributed by atoms with E-state index in [2.05, 4.69) is 5.32 Å². The number of nitrogens with one attached hydrogen (secondary N) is 1. The number of carbonyl (C=O) groups is 2. The molecule has 0 aliphatic heterocycles. The van der Waals surface area contributed by atoms with Gasteiger partial charge in [0.25, 0.3) is 0 Å². The fourth-order valence-electron chi connectivity index (χ4n) is 4.15. The van der Waals surface area contributed by atoms with E-state index in [1.54, 1.807) is 12.1 Å². The summed E-state index contributed by atoms with van der Waals surface area (Å²) in [6.45, 7) is 0. The Balaban J connectivity index is 2.08. The van der Waals surface area contributed by atoms with Crippen LogP contribution in [0.5, 0.6) is 0 Å². The van der Waals surface area contributed by atoms with Crippen LogP contribution in [0.25, 0.3) is 0 Å². The number of methoxy groups -OCH3 is 1. The molecular weight excluding hydrogens is 429 g/mol. The number of rotatable bonds is 7. The van der Waals surface area contributed by atoms with Crippen LogP contribution in [0.15, 0.2) is 121 Å². The summed E-state index contributed by atoms with van der Waals surface area (Å²) in [5.41, 5.74) is 0.533. The van der Waals surface area contributed by atoms with Crippen molar-refractivity contribution in [2.24, 2.45) is 0 Å². The van der Waals surface area contributed by atoms with Crippen molar-refractivity contribution in [3.05, 3.63) is 127 Å². The molecule has 0 aromatic heterocycles. The van der Waals surface area contributed by atoms with E-state index in [9.17, 15) is 9.59 Å². The first kappa shape index (κ1) is 22.4. The second-order valence-corrected chi connectivity index (χ2v) is 11.0. The van der Waals surface area contributed by atoms with Gasteiger partial charge in [0, 0.05) is 5.56 Å². The van der Waals surface area contributed by atoms with Gasteiger partial charge in [-0.15, -0.1) is 0 Å². The minimum absolute atomic E-state index is 0.161. The van der Waals surface area contributed by atoms with E-state index in [4.69, 9.17) is 4.74 Å². The second-order valence-electron chi connectivity index (χ2n) is 7.50. The summed E-state index contributed by atoms with van der Waals surface area (Å²) in [6.07, 6.45) is -0.642. The highest BCUT2D eigenvalue weighted by atomic mass is 31.2. The average molecular weight is 454 g/mol. The number of ether oxygens (including phenoxy) is 1. The van der Waals surface area contributed by atoms with E-state index in [0.29, 0.717) is 5.56 Å². The Morgan fingerprint density at radius 1 is 0.636 bits per heavy atom. The first-order chi connectivity index (χ1) is 16.2. The van der Waals surface area contributed by atoms with Crippen LogP contribution in [0.3, 0.4) is 0 Å². The third-order valence-corrected chi connectivity index (χ3v) is 10.1. The van der Waals surface area contributed by atoms with Crippen molar-refractivity contribution in [2.75, 3.05) is 7.11 Å². The number of amides is 1. The Kier molecular flexibility index (Phi) is 6.97. The Bertz CT molecular complexity index is 1100. The molecule has 0 aliphatic rings. The lowest BCUT2D eigenvalue weighted by molar-refractivity contribution is 0.0968. The molecule has 4 nitrogen and oxygen atoms in total. The average Bonchev–Trinajstić information content (AvgIpc) is 2.90. The third kappa shape index (κ3) is 4.44. The van der Waals surface area contributed by atoms with Gasteiger partial charge in [0.15, 0.2) is 0 Å². The molecule has 1 amide bonds. The van der Waals surface area contributed by atoms with Gasteiger partial charge < -0.3 is 4.74 Å². The normalized spacial score (nSPS) is 11.9. The molecule has 0 radical (unpaired) electrons. The number of ketones is 1. The summed E-state index contributed by atoms with van der Waals surface area (Å²) in [5.74, 6) is -1.02. The van der Waals surface area contributed by atoms with Crippen LogP contribution in [0, 0.1) is 0 Å². The summed E-state index contributed by atoms with van der Waals surface area (Å²) in [7, 11) is -1.40. The Labute approximate surface area is 194 Å². The molecule has 0 spiro atoms. The van der Waals surface area contributed by atoms with Crippen LogP contribution in [0.1, 0.15) is 10.4 Å². The standard InChI is InChI=1S/C28H24NO3P/c1-32-28(31)29-27(26(30)22-14-6-2-7-15-22)33(23-16-8-3-9-17-23,24-18-10-4-11-19-24)25-20-12-5-13-21-25/h2-21,27H,1H3/p+1. The summed E-state index contributed by atoms with van der Waals surface area (Å²) in [6, 6.07) is 39.0. The first-order valence-electron chi connectivity index (χ1n) is 10.7. The smallest absolute Gasteiger partial charge is 0.410 e.